The van der Waals surface area contributed by atoms with E-state index in [0.717, 1.165) is 25.9 Å². The van der Waals surface area contributed by atoms with E-state index in [4.69, 9.17) is 9.47 Å². The monoisotopic (exact) mass is 214 g/mol. The summed E-state index contributed by atoms with van der Waals surface area (Å²) < 4.78 is 10.6. The second-order valence-corrected chi connectivity index (χ2v) is 4.05. The Kier molecular flexibility index (Phi) is 3.56. The van der Waals surface area contributed by atoms with E-state index in [0.29, 0.717) is 6.61 Å². The highest BCUT2D eigenvalue weighted by Crippen LogP contribution is 2.13. The summed E-state index contributed by atoms with van der Waals surface area (Å²) in [7, 11) is 1.67. The molecule has 2 N–H and O–H groups in total. The Morgan fingerprint density at radius 3 is 3.07 bits per heavy atom. The summed E-state index contributed by atoms with van der Waals surface area (Å²) in [5.41, 5.74) is 0. The lowest BCUT2D eigenvalue weighted by Crippen LogP contribution is -2.47. The molecule has 5 nitrogen and oxygen atoms in total. The fourth-order valence-electron chi connectivity index (χ4n) is 2.11. The van der Waals surface area contributed by atoms with E-state index in [-0.39, 0.29) is 24.2 Å². The lowest BCUT2D eigenvalue weighted by atomic mass is 10.2. The summed E-state index contributed by atoms with van der Waals surface area (Å²) >= 11 is 0. The van der Waals surface area contributed by atoms with E-state index < -0.39 is 0 Å². The van der Waals surface area contributed by atoms with Gasteiger partial charge in [-0.25, -0.2) is 0 Å². The zero-order chi connectivity index (χ0) is 10.7. The summed E-state index contributed by atoms with van der Waals surface area (Å²) in [5.74, 6) is 0.00301. The average Bonchev–Trinajstić information content (AvgIpc) is 2.87. The lowest BCUT2D eigenvalue weighted by Gasteiger charge is -2.20. The molecular formula is C10H18N2O3. The van der Waals surface area contributed by atoms with Crippen LogP contribution in [0.4, 0.5) is 0 Å². The Morgan fingerprint density at radius 1 is 1.53 bits per heavy atom. The fraction of sp³-hybridized carbons (Fsp3) is 0.900. The molecule has 0 aromatic heterocycles. The van der Waals surface area contributed by atoms with Crippen molar-refractivity contribution >= 4 is 5.91 Å². The predicted molar refractivity (Wildman–Crippen MR) is 54.6 cm³/mol. The Balaban J connectivity index is 1.82. The minimum absolute atomic E-state index is 0.00301. The Labute approximate surface area is 89.5 Å². The minimum atomic E-state index is -0.247. The number of ether oxygens (including phenoxy) is 2. The number of methoxy groups -OCH3 is 1. The molecule has 0 saturated carbocycles. The third kappa shape index (κ3) is 2.48. The van der Waals surface area contributed by atoms with Gasteiger partial charge in [-0.05, 0) is 12.8 Å². The van der Waals surface area contributed by atoms with E-state index in [9.17, 15) is 4.79 Å². The molecule has 3 atom stereocenters. The van der Waals surface area contributed by atoms with Crippen LogP contribution in [-0.4, -0.2) is 51.0 Å². The molecule has 0 bridgehead atoms. The molecule has 0 spiro atoms. The first-order valence-electron chi connectivity index (χ1n) is 5.46. The number of rotatable bonds is 3. The maximum atomic E-state index is 11.7. The van der Waals surface area contributed by atoms with Gasteiger partial charge in [0, 0.05) is 26.8 Å². The number of hydrogen-bond donors (Lipinski definition) is 2. The second-order valence-electron chi connectivity index (χ2n) is 4.05. The highest BCUT2D eigenvalue weighted by Gasteiger charge is 2.31. The van der Waals surface area contributed by atoms with Crippen molar-refractivity contribution in [3.05, 3.63) is 0 Å². The van der Waals surface area contributed by atoms with Crippen molar-refractivity contribution in [1.82, 2.24) is 10.6 Å². The topological polar surface area (TPSA) is 59.6 Å². The molecule has 5 heteroatoms. The molecule has 2 heterocycles. The first-order valence-corrected chi connectivity index (χ1v) is 5.46. The number of nitrogens with one attached hydrogen (secondary N) is 2. The minimum Gasteiger partial charge on any atom is -0.378 e. The predicted octanol–water partition coefficient (Wildman–Crippen LogP) is -0.732. The van der Waals surface area contributed by atoms with E-state index >= 15 is 0 Å². The Morgan fingerprint density at radius 2 is 2.40 bits per heavy atom. The highest BCUT2D eigenvalue weighted by atomic mass is 16.5. The van der Waals surface area contributed by atoms with Crippen LogP contribution in [0.3, 0.4) is 0 Å². The van der Waals surface area contributed by atoms with E-state index in [1.54, 1.807) is 7.11 Å². The van der Waals surface area contributed by atoms with E-state index in [2.05, 4.69) is 10.6 Å². The molecule has 2 aliphatic rings. The van der Waals surface area contributed by atoms with Crippen LogP contribution in [0.5, 0.6) is 0 Å². The molecule has 2 aliphatic heterocycles. The van der Waals surface area contributed by atoms with Crippen molar-refractivity contribution in [2.75, 3.05) is 26.8 Å². The van der Waals surface area contributed by atoms with Crippen molar-refractivity contribution in [2.45, 2.75) is 31.1 Å². The zero-order valence-electron chi connectivity index (χ0n) is 8.99. The van der Waals surface area contributed by atoms with Gasteiger partial charge in [0.05, 0.1) is 12.1 Å². The van der Waals surface area contributed by atoms with Gasteiger partial charge in [0.25, 0.3) is 0 Å². The van der Waals surface area contributed by atoms with Crippen LogP contribution < -0.4 is 10.6 Å². The van der Waals surface area contributed by atoms with Crippen LogP contribution >= 0.6 is 0 Å². The number of amides is 1. The molecule has 15 heavy (non-hydrogen) atoms. The molecule has 2 unspecified atom stereocenters. The molecule has 2 fully saturated rings. The van der Waals surface area contributed by atoms with Crippen LogP contribution in [-0.2, 0) is 14.3 Å². The maximum Gasteiger partial charge on any atom is 0.249 e. The molecule has 86 valence electrons. The molecular weight excluding hydrogens is 196 g/mol. The van der Waals surface area contributed by atoms with Gasteiger partial charge in [0.2, 0.25) is 5.91 Å². The summed E-state index contributed by atoms with van der Waals surface area (Å²) in [5, 5.41) is 6.16. The van der Waals surface area contributed by atoms with Crippen LogP contribution in [0.25, 0.3) is 0 Å². The summed E-state index contributed by atoms with van der Waals surface area (Å²) in [6, 6.07) is 0.0756. The first-order chi connectivity index (χ1) is 7.31. The van der Waals surface area contributed by atoms with Crippen LogP contribution in [0.15, 0.2) is 0 Å². The van der Waals surface area contributed by atoms with Gasteiger partial charge in [0.1, 0.15) is 6.10 Å². The largest absolute Gasteiger partial charge is 0.378 e. The standard InChI is InChI=1S/C10H18N2O3/c1-14-9-6-11-5-7(9)12-10(13)8-3-2-4-15-8/h7-9,11H,2-6H2,1H3,(H,12,13)/t7?,8?,9-/m0/s1. The van der Waals surface area contributed by atoms with E-state index in [1.807, 2.05) is 0 Å². The second kappa shape index (κ2) is 4.92. The van der Waals surface area contributed by atoms with Crippen molar-refractivity contribution in [1.29, 1.82) is 0 Å². The third-order valence-corrected chi connectivity index (χ3v) is 3.01. The zero-order valence-corrected chi connectivity index (χ0v) is 8.99. The molecule has 0 aromatic carbocycles. The van der Waals surface area contributed by atoms with E-state index in [1.165, 1.54) is 0 Å². The van der Waals surface area contributed by atoms with Crippen LogP contribution in [0, 0.1) is 0 Å². The maximum absolute atomic E-state index is 11.7. The van der Waals surface area contributed by atoms with Gasteiger partial charge in [-0.2, -0.15) is 0 Å². The Bertz CT molecular complexity index is 229. The fourth-order valence-corrected chi connectivity index (χ4v) is 2.11. The van der Waals surface area contributed by atoms with Gasteiger partial charge in [-0.3, -0.25) is 4.79 Å². The summed E-state index contributed by atoms with van der Waals surface area (Å²) in [6.07, 6.45) is 1.65. The molecule has 2 rings (SSSR count). The van der Waals surface area contributed by atoms with Crippen LogP contribution in [0.2, 0.25) is 0 Å². The van der Waals surface area contributed by atoms with Gasteiger partial charge < -0.3 is 20.1 Å². The quantitative estimate of drug-likeness (QED) is 0.650. The molecule has 0 radical (unpaired) electrons. The van der Waals surface area contributed by atoms with Crippen molar-refractivity contribution < 1.29 is 14.3 Å². The summed E-state index contributed by atoms with van der Waals surface area (Å²) in [4.78, 5) is 11.7. The van der Waals surface area contributed by atoms with Gasteiger partial charge in [0.15, 0.2) is 0 Å². The molecule has 2 saturated heterocycles. The van der Waals surface area contributed by atoms with Gasteiger partial charge in [-0.1, -0.05) is 0 Å². The smallest absolute Gasteiger partial charge is 0.249 e. The van der Waals surface area contributed by atoms with Crippen molar-refractivity contribution in [3.63, 3.8) is 0 Å². The highest BCUT2D eigenvalue weighted by molar-refractivity contribution is 5.81. The molecule has 0 aromatic rings. The summed E-state index contributed by atoms with van der Waals surface area (Å²) in [6.45, 7) is 2.28. The van der Waals surface area contributed by atoms with Gasteiger partial charge >= 0.3 is 0 Å². The third-order valence-electron chi connectivity index (χ3n) is 3.01. The lowest BCUT2D eigenvalue weighted by molar-refractivity contribution is -0.131. The first kappa shape index (κ1) is 10.9. The average molecular weight is 214 g/mol. The normalized spacial score (nSPS) is 35.7. The molecule has 0 aliphatic carbocycles. The number of hydrogen-bond acceptors (Lipinski definition) is 4. The van der Waals surface area contributed by atoms with Crippen molar-refractivity contribution in [2.24, 2.45) is 0 Å². The molecule has 1 amide bonds. The van der Waals surface area contributed by atoms with Crippen molar-refractivity contribution in [3.8, 4) is 0 Å². The SMILES string of the molecule is CO[C@H]1CNCC1NC(=O)C1CCCO1. The number of carbonyl (C=O) groups is 1. The van der Waals surface area contributed by atoms with Crippen LogP contribution in [0.1, 0.15) is 12.8 Å². The Hall–Kier alpha value is -0.650. The number of carbonyl (C=O) groups excluding carboxylic acids is 1. The van der Waals surface area contributed by atoms with Gasteiger partial charge in [-0.15, -0.1) is 0 Å².